The van der Waals surface area contributed by atoms with Crippen LogP contribution in [0.1, 0.15) is 21.5 Å². The minimum absolute atomic E-state index is 0.231. The lowest BCUT2D eigenvalue weighted by molar-refractivity contribution is 0.0697. The molecular weight excluding hydrogens is 421 g/mol. The smallest absolute Gasteiger partial charge is 0.335 e. The first-order valence-electron chi connectivity index (χ1n) is 9.15. The first-order valence-corrected chi connectivity index (χ1v) is 9.91. The van der Waals surface area contributed by atoms with Crippen molar-refractivity contribution in [3.8, 4) is 0 Å². The molecule has 0 radical (unpaired) electrons. The summed E-state index contributed by atoms with van der Waals surface area (Å²) < 4.78 is 2.14. The third-order valence-electron chi connectivity index (χ3n) is 4.69. The van der Waals surface area contributed by atoms with Crippen LogP contribution in [0.5, 0.6) is 0 Å². The molecule has 0 aliphatic heterocycles. The molecule has 0 unspecified atom stereocenters. The van der Waals surface area contributed by atoms with Crippen molar-refractivity contribution >= 4 is 52.0 Å². The van der Waals surface area contributed by atoms with Gasteiger partial charge in [-0.15, -0.1) is 0 Å². The van der Waals surface area contributed by atoms with Gasteiger partial charge in [-0.25, -0.2) is 4.79 Å². The molecule has 7 heteroatoms. The van der Waals surface area contributed by atoms with Gasteiger partial charge in [0.1, 0.15) is 0 Å². The number of fused-ring (bicyclic) bond motifs is 1. The topological polar surface area (TPSA) is 66.6 Å². The van der Waals surface area contributed by atoms with Crippen LogP contribution in [-0.2, 0) is 6.54 Å². The van der Waals surface area contributed by atoms with E-state index in [0.717, 1.165) is 22.0 Å². The minimum Gasteiger partial charge on any atom is -0.478 e. The van der Waals surface area contributed by atoms with Crippen molar-refractivity contribution < 1.29 is 9.90 Å². The van der Waals surface area contributed by atoms with E-state index in [1.54, 1.807) is 24.4 Å². The zero-order chi connectivity index (χ0) is 21.1. The van der Waals surface area contributed by atoms with Crippen molar-refractivity contribution in [2.24, 2.45) is 5.10 Å². The van der Waals surface area contributed by atoms with E-state index in [1.807, 2.05) is 36.5 Å². The Labute approximate surface area is 183 Å². The molecule has 30 heavy (non-hydrogen) atoms. The molecule has 0 saturated carbocycles. The number of hydrogen-bond donors (Lipinski definition) is 2. The Morgan fingerprint density at radius 3 is 2.53 bits per heavy atom. The van der Waals surface area contributed by atoms with Crippen molar-refractivity contribution in [3.05, 3.63) is 99.7 Å². The van der Waals surface area contributed by atoms with Gasteiger partial charge in [-0.05, 0) is 48.0 Å². The molecule has 3 aromatic carbocycles. The number of aromatic nitrogens is 1. The third-order valence-corrected chi connectivity index (χ3v) is 5.42. The minimum atomic E-state index is -0.958. The molecule has 0 fully saturated rings. The largest absolute Gasteiger partial charge is 0.478 e. The van der Waals surface area contributed by atoms with Gasteiger partial charge in [0.2, 0.25) is 0 Å². The van der Waals surface area contributed by atoms with Crippen LogP contribution in [0.15, 0.2) is 78.0 Å². The number of anilines is 1. The summed E-state index contributed by atoms with van der Waals surface area (Å²) in [6, 6.07) is 20.1. The van der Waals surface area contributed by atoms with Gasteiger partial charge in [-0.1, -0.05) is 47.5 Å². The molecule has 0 spiro atoms. The molecule has 0 bridgehead atoms. The SMILES string of the molecule is O=C(O)c1ccc(N/N=C/c2cn(Cc3ccc(Cl)c(Cl)c3)c3ccccc23)cc1. The number of carbonyl (C=O) groups is 1. The predicted octanol–water partition coefficient (Wildman–Crippen LogP) is 6.14. The first kappa shape index (κ1) is 20.0. The lowest BCUT2D eigenvalue weighted by atomic mass is 10.2. The van der Waals surface area contributed by atoms with Crippen molar-refractivity contribution in [2.45, 2.75) is 6.54 Å². The fourth-order valence-electron chi connectivity index (χ4n) is 3.21. The number of carboxylic acids is 1. The molecule has 1 heterocycles. The van der Waals surface area contributed by atoms with Crippen LogP contribution in [0.25, 0.3) is 10.9 Å². The second-order valence-corrected chi connectivity index (χ2v) is 7.54. The highest BCUT2D eigenvalue weighted by atomic mass is 35.5. The average Bonchev–Trinajstić information content (AvgIpc) is 3.09. The van der Waals surface area contributed by atoms with E-state index >= 15 is 0 Å². The number of hydrogen-bond acceptors (Lipinski definition) is 3. The van der Waals surface area contributed by atoms with Gasteiger partial charge in [-0.2, -0.15) is 5.10 Å². The fraction of sp³-hybridized carbons (Fsp3) is 0.0435. The van der Waals surface area contributed by atoms with Crippen molar-refractivity contribution in [2.75, 3.05) is 5.43 Å². The Kier molecular flexibility index (Phi) is 5.74. The van der Waals surface area contributed by atoms with E-state index in [1.165, 1.54) is 12.1 Å². The van der Waals surface area contributed by atoms with E-state index in [-0.39, 0.29) is 5.56 Å². The Bertz CT molecular complexity index is 1250. The van der Waals surface area contributed by atoms with Crippen LogP contribution in [0.3, 0.4) is 0 Å². The number of benzene rings is 3. The summed E-state index contributed by atoms with van der Waals surface area (Å²) in [6.45, 7) is 0.648. The van der Waals surface area contributed by atoms with Gasteiger partial charge in [0.25, 0.3) is 0 Å². The van der Waals surface area contributed by atoms with Crippen LogP contribution in [0.4, 0.5) is 5.69 Å². The second-order valence-electron chi connectivity index (χ2n) is 6.73. The molecule has 0 amide bonds. The molecule has 1 aromatic heterocycles. The number of nitrogens with one attached hydrogen (secondary N) is 1. The second kappa shape index (κ2) is 8.61. The summed E-state index contributed by atoms with van der Waals surface area (Å²) >= 11 is 12.2. The Morgan fingerprint density at radius 2 is 1.80 bits per heavy atom. The zero-order valence-electron chi connectivity index (χ0n) is 15.7. The molecule has 0 atom stereocenters. The molecule has 150 valence electrons. The Hall–Kier alpha value is -3.28. The molecule has 5 nitrogen and oxygen atoms in total. The van der Waals surface area contributed by atoms with Gasteiger partial charge < -0.3 is 9.67 Å². The van der Waals surface area contributed by atoms with Crippen LogP contribution < -0.4 is 5.43 Å². The molecular formula is C23H17Cl2N3O2. The number of hydrazone groups is 1. The van der Waals surface area contributed by atoms with Gasteiger partial charge in [0.05, 0.1) is 27.5 Å². The highest BCUT2D eigenvalue weighted by Crippen LogP contribution is 2.25. The normalized spacial score (nSPS) is 11.3. The number of rotatable bonds is 6. The fourth-order valence-corrected chi connectivity index (χ4v) is 3.53. The van der Waals surface area contributed by atoms with Crippen molar-refractivity contribution in [1.82, 2.24) is 4.57 Å². The summed E-state index contributed by atoms with van der Waals surface area (Å²) in [5.41, 5.74) is 6.95. The molecule has 0 aliphatic carbocycles. The van der Waals surface area contributed by atoms with E-state index in [4.69, 9.17) is 28.3 Å². The zero-order valence-corrected chi connectivity index (χ0v) is 17.2. The highest BCUT2D eigenvalue weighted by molar-refractivity contribution is 6.42. The maximum Gasteiger partial charge on any atom is 0.335 e. The van der Waals surface area contributed by atoms with Crippen molar-refractivity contribution in [3.63, 3.8) is 0 Å². The van der Waals surface area contributed by atoms with E-state index in [0.29, 0.717) is 22.3 Å². The van der Waals surface area contributed by atoms with Gasteiger partial charge in [-0.3, -0.25) is 5.43 Å². The maximum atomic E-state index is 10.9. The Morgan fingerprint density at radius 1 is 1.03 bits per heavy atom. The monoisotopic (exact) mass is 437 g/mol. The first-order chi connectivity index (χ1) is 14.5. The molecule has 0 saturated heterocycles. The van der Waals surface area contributed by atoms with Gasteiger partial charge >= 0.3 is 5.97 Å². The summed E-state index contributed by atoms with van der Waals surface area (Å²) in [5, 5.41) is 15.4. The van der Waals surface area contributed by atoms with Crippen LogP contribution >= 0.6 is 23.2 Å². The number of para-hydroxylation sites is 1. The summed E-state index contributed by atoms with van der Waals surface area (Å²) in [4.78, 5) is 10.9. The summed E-state index contributed by atoms with van der Waals surface area (Å²) in [7, 11) is 0. The van der Waals surface area contributed by atoms with Crippen LogP contribution in [0.2, 0.25) is 10.0 Å². The van der Waals surface area contributed by atoms with Gasteiger partial charge in [0, 0.05) is 29.2 Å². The lowest BCUT2D eigenvalue weighted by Gasteiger charge is -2.06. The number of aromatic carboxylic acids is 1. The number of carboxylic acid groups (broad SMARTS) is 1. The Balaban J connectivity index is 1.57. The summed E-state index contributed by atoms with van der Waals surface area (Å²) in [6.07, 6.45) is 3.78. The highest BCUT2D eigenvalue weighted by Gasteiger charge is 2.08. The third kappa shape index (κ3) is 4.32. The lowest BCUT2D eigenvalue weighted by Crippen LogP contribution is -1.98. The van der Waals surface area contributed by atoms with Crippen LogP contribution in [-0.4, -0.2) is 21.9 Å². The average molecular weight is 438 g/mol. The molecule has 4 aromatic rings. The molecule has 2 N–H and O–H groups in total. The van der Waals surface area contributed by atoms with Crippen LogP contribution in [0, 0.1) is 0 Å². The number of halogens is 2. The van der Waals surface area contributed by atoms with Gasteiger partial charge in [0.15, 0.2) is 0 Å². The quantitative estimate of drug-likeness (QED) is 0.281. The number of nitrogens with zero attached hydrogens (tertiary/aromatic N) is 2. The van der Waals surface area contributed by atoms with E-state index in [9.17, 15) is 4.79 Å². The molecule has 0 aliphatic rings. The molecule has 4 rings (SSSR count). The van der Waals surface area contributed by atoms with E-state index in [2.05, 4.69) is 21.2 Å². The van der Waals surface area contributed by atoms with E-state index < -0.39 is 5.97 Å². The summed E-state index contributed by atoms with van der Waals surface area (Å²) in [5.74, 6) is -0.958. The predicted molar refractivity (Wildman–Crippen MR) is 122 cm³/mol. The standard InChI is InChI=1S/C23H17Cl2N3O2/c24-20-10-5-15(11-21(20)25)13-28-14-17(19-3-1-2-4-22(19)28)12-26-27-18-8-6-16(7-9-18)23(29)30/h1-12,14,27H,13H2,(H,29,30)/b26-12+. The van der Waals surface area contributed by atoms with Crippen molar-refractivity contribution in [1.29, 1.82) is 0 Å². The maximum absolute atomic E-state index is 10.9.